The minimum atomic E-state index is -0.515. The molecule has 0 unspecified atom stereocenters. The number of hydrogen-bond acceptors (Lipinski definition) is 3. The molecule has 1 aromatic carbocycles. The number of carbonyl (C=O) groups is 1. The highest BCUT2D eigenvalue weighted by molar-refractivity contribution is 6.31. The SMILES string of the molecule is Cl.Cn1c(NC(=O)c2cccc(Cl)c2)cc(=O)n(C)c1=O. The first-order valence-corrected chi connectivity index (χ1v) is 6.12. The molecule has 8 heteroatoms. The Bertz CT molecular complexity index is 796. The fraction of sp³-hybridized carbons (Fsp3) is 0.154. The molecule has 1 N–H and O–H groups in total. The molecule has 6 nitrogen and oxygen atoms in total. The summed E-state index contributed by atoms with van der Waals surface area (Å²) in [5.41, 5.74) is -0.668. The van der Waals surface area contributed by atoms with Crippen molar-refractivity contribution in [3.05, 3.63) is 61.8 Å². The van der Waals surface area contributed by atoms with Crippen LogP contribution >= 0.6 is 24.0 Å². The summed E-state index contributed by atoms with van der Waals surface area (Å²) in [5, 5.41) is 2.94. The zero-order valence-electron chi connectivity index (χ0n) is 11.3. The first-order valence-electron chi connectivity index (χ1n) is 5.74. The lowest BCUT2D eigenvalue weighted by molar-refractivity contribution is 0.102. The number of amides is 1. The third kappa shape index (κ3) is 3.53. The van der Waals surface area contributed by atoms with Gasteiger partial charge >= 0.3 is 5.69 Å². The van der Waals surface area contributed by atoms with Gasteiger partial charge in [0, 0.05) is 30.7 Å². The van der Waals surface area contributed by atoms with E-state index in [0.29, 0.717) is 10.6 Å². The highest BCUT2D eigenvalue weighted by Gasteiger charge is 2.11. The third-order valence-electron chi connectivity index (χ3n) is 2.85. The maximum absolute atomic E-state index is 12.0. The van der Waals surface area contributed by atoms with Crippen molar-refractivity contribution >= 4 is 35.7 Å². The number of aromatic nitrogens is 2. The minimum Gasteiger partial charge on any atom is -0.308 e. The van der Waals surface area contributed by atoms with Gasteiger partial charge in [0.1, 0.15) is 5.82 Å². The molecular formula is C13H13Cl2N3O3. The van der Waals surface area contributed by atoms with Crippen LogP contribution in [0.25, 0.3) is 0 Å². The lowest BCUT2D eigenvalue weighted by Gasteiger charge is -2.10. The van der Waals surface area contributed by atoms with E-state index in [1.54, 1.807) is 18.2 Å². The topological polar surface area (TPSA) is 73.1 Å². The van der Waals surface area contributed by atoms with Crippen molar-refractivity contribution in [1.82, 2.24) is 9.13 Å². The van der Waals surface area contributed by atoms with Gasteiger partial charge in [0.05, 0.1) is 0 Å². The van der Waals surface area contributed by atoms with Gasteiger partial charge in [0.25, 0.3) is 11.5 Å². The maximum Gasteiger partial charge on any atom is 0.332 e. The molecule has 21 heavy (non-hydrogen) atoms. The molecule has 0 aliphatic carbocycles. The minimum absolute atomic E-state index is 0. The standard InChI is InChI=1S/C13H12ClN3O3.ClH/c1-16-10(7-11(18)17(2)13(16)20)15-12(19)8-4-3-5-9(14)6-8;/h3-7H,1-2H3,(H,15,19);1H. The zero-order chi connectivity index (χ0) is 14.9. The third-order valence-corrected chi connectivity index (χ3v) is 3.09. The molecular weight excluding hydrogens is 317 g/mol. The monoisotopic (exact) mass is 329 g/mol. The van der Waals surface area contributed by atoms with E-state index in [-0.39, 0.29) is 18.2 Å². The predicted octanol–water partition coefficient (Wildman–Crippen LogP) is 1.41. The predicted molar refractivity (Wildman–Crippen MR) is 83.6 cm³/mol. The van der Waals surface area contributed by atoms with E-state index in [1.807, 2.05) is 0 Å². The van der Waals surface area contributed by atoms with Crippen LogP contribution < -0.4 is 16.6 Å². The Kier molecular flexibility index (Phi) is 5.34. The number of benzene rings is 1. The van der Waals surface area contributed by atoms with Crippen LogP contribution in [-0.4, -0.2) is 15.0 Å². The Morgan fingerprint density at radius 2 is 1.81 bits per heavy atom. The van der Waals surface area contributed by atoms with Crippen LogP contribution in [-0.2, 0) is 14.1 Å². The average molecular weight is 330 g/mol. The van der Waals surface area contributed by atoms with Crippen molar-refractivity contribution in [2.45, 2.75) is 0 Å². The highest BCUT2D eigenvalue weighted by Crippen LogP contribution is 2.12. The first kappa shape index (κ1) is 17.0. The molecule has 1 heterocycles. The molecule has 0 saturated carbocycles. The molecule has 0 spiro atoms. The van der Waals surface area contributed by atoms with Crippen molar-refractivity contribution in [2.24, 2.45) is 14.1 Å². The lowest BCUT2D eigenvalue weighted by atomic mass is 10.2. The van der Waals surface area contributed by atoms with Crippen LogP contribution in [0.2, 0.25) is 5.02 Å². The molecule has 2 aromatic rings. The second-order valence-electron chi connectivity index (χ2n) is 4.23. The van der Waals surface area contributed by atoms with E-state index < -0.39 is 17.2 Å². The largest absolute Gasteiger partial charge is 0.332 e. The molecule has 0 fully saturated rings. The van der Waals surface area contributed by atoms with Crippen LogP contribution in [0.4, 0.5) is 5.82 Å². The molecule has 0 radical (unpaired) electrons. The number of anilines is 1. The van der Waals surface area contributed by atoms with Crippen molar-refractivity contribution in [3.8, 4) is 0 Å². The van der Waals surface area contributed by atoms with Crippen molar-refractivity contribution in [1.29, 1.82) is 0 Å². The summed E-state index contributed by atoms with van der Waals surface area (Å²) in [6.45, 7) is 0. The Balaban J connectivity index is 0.00000220. The number of rotatable bonds is 2. The number of carbonyl (C=O) groups excluding carboxylic acids is 1. The highest BCUT2D eigenvalue weighted by atomic mass is 35.5. The fourth-order valence-corrected chi connectivity index (χ4v) is 1.86. The van der Waals surface area contributed by atoms with Gasteiger partial charge in [-0.05, 0) is 18.2 Å². The number of hydrogen-bond donors (Lipinski definition) is 1. The van der Waals surface area contributed by atoms with Gasteiger partial charge in [-0.3, -0.25) is 18.7 Å². The molecule has 0 bridgehead atoms. The Labute approximate surface area is 131 Å². The van der Waals surface area contributed by atoms with Crippen LogP contribution in [0, 0.1) is 0 Å². The second kappa shape index (κ2) is 6.60. The maximum atomic E-state index is 12.0. The Hall–Kier alpha value is -2.05. The van der Waals surface area contributed by atoms with E-state index in [1.165, 1.54) is 30.8 Å². The van der Waals surface area contributed by atoms with E-state index in [4.69, 9.17) is 11.6 Å². The molecule has 0 atom stereocenters. The van der Waals surface area contributed by atoms with Gasteiger partial charge in [-0.25, -0.2) is 4.79 Å². The summed E-state index contributed by atoms with van der Waals surface area (Å²) in [6.07, 6.45) is 0. The molecule has 0 aliphatic rings. The summed E-state index contributed by atoms with van der Waals surface area (Å²) in [6, 6.07) is 7.55. The van der Waals surface area contributed by atoms with E-state index >= 15 is 0 Å². The summed E-state index contributed by atoms with van der Waals surface area (Å²) in [4.78, 5) is 35.3. The molecule has 2 rings (SSSR count). The van der Waals surface area contributed by atoms with Gasteiger partial charge < -0.3 is 5.32 Å². The van der Waals surface area contributed by atoms with E-state index in [9.17, 15) is 14.4 Å². The summed E-state index contributed by atoms with van der Waals surface area (Å²) < 4.78 is 2.14. The zero-order valence-corrected chi connectivity index (χ0v) is 12.9. The van der Waals surface area contributed by atoms with Crippen molar-refractivity contribution in [2.75, 3.05) is 5.32 Å². The number of nitrogens with one attached hydrogen (secondary N) is 1. The van der Waals surface area contributed by atoms with Crippen LogP contribution in [0.1, 0.15) is 10.4 Å². The summed E-state index contributed by atoms with van der Waals surface area (Å²) in [7, 11) is 2.84. The van der Waals surface area contributed by atoms with Gasteiger partial charge in [0.2, 0.25) is 0 Å². The van der Waals surface area contributed by atoms with Crippen molar-refractivity contribution < 1.29 is 4.79 Å². The molecule has 1 aromatic heterocycles. The quantitative estimate of drug-likeness (QED) is 0.905. The van der Waals surface area contributed by atoms with Crippen molar-refractivity contribution in [3.63, 3.8) is 0 Å². The van der Waals surface area contributed by atoms with Crippen LogP contribution in [0.5, 0.6) is 0 Å². The summed E-state index contributed by atoms with van der Waals surface area (Å²) >= 11 is 5.81. The number of halogens is 2. The molecule has 0 aliphatic heterocycles. The van der Waals surface area contributed by atoms with Gasteiger partial charge in [-0.1, -0.05) is 17.7 Å². The van der Waals surface area contributed by atoms with Gasteiger partial charge in [-0.2, -0.15) is 0 Å². The van der Waals surface area contributed by atoms with Gasteiger partial charge in [0.15, 0.2) is 0 Å². The van der Waals surface area contributed by atoms with Crippen LogP contribution in [0.15, 0.2) is 39.9 Å². The first-order chi connectivity index (χ1) is 9.40. The fourth-order valence-electron chi connectivity index (χ4n) is 1.67. The second-order valence-corrected chi connectivity index (χ2v) is 4.67. The van der Waals surface area contributed by atoms with Gasteiger partial charge in [-0.15, -0.1) is 12.4 Å². The van der Waals surface area contributed by atoms with E-state index in [2.05, 4.69) is 5.32 Å². The average Bonchev–Trinajstić information content (AvgIpc) is 2.42. The van der Waals surface area contributed by atoms with E-state index in [0.717, 1.165) is 4.57 Å². The smallest absolute Gasteiger partial charge is 0.308 e. The molecule has 112 valence electrons. The van der Waals surface area contributed by atoms with Crippen LogP contribution in [0.3, 0.4) is 0 Å². The summed E-state index contributed by atoms with van der Waals surface area (Å²) in [5.74, 6) is -0.321. The number of nitrogens with zero attached hydrogens (tertiary/aromatic N) is 2. The molecule has 1 amide bonds. The lowest BCUT2D eigenvalue weighted by Crippen LogP contribution is -2.38. The normalized spacial score (nSPS) is 9.86. The Morgan fingerprint density at radius 1 is 1.14 bits per heavy atom. The Morgan fingerprint density at radius 3 is 2.43 bits per heavy atom. The molecule has 0 saturated heterocycles.